The van der Waals surface area contributed by atoms with Gasteiger partial charge in [-0.1, -0.05) is 24.2 Å². The van der Waals surface area contributed by atoms with Gasteiger partial charge in [-0.15, -0.1) is 0 Å². The highest BCUT2D eigenvalue weighted by Crippen LogP contribution is 2.33. The maximum absolute atomic E-state index is 11.9. The number of Topliss-reactive ketones (excluding diaryl/α,β-unsaturated/α-hetero) is 1. The number of anilines is 1. The summed E-state index contributed by atoms with van der Waals surface area (Å²) in [5.74, 6) is -0.995. The molecule has 1 aromatic carbocycles. The van der Waals surface area contributed by atoms with Gasteiger partial charge in [0.05, 0.1) is 17.8 Å². The molecule has 0 radical (unpaired) electrons. The summed E-state index contributed by atoms with van der Waals surface area (Å²) in [5, 5.41) is 0.332. The van der Waals surface area contributed by atoms with Gasteiger partial charge in [-0.05, 0) is 31.0 Å². The first-order chi connectivity index (χ1) is 7.91. The van der Waals surface area contributed by atoms with E-state index in [2.05, 4.69) is 6.58 Å². The lowest BCUT2D eigenvalue weighted by molar-refractivity contribution is -0.114. The van der Waals surface area contributed by atoms with E-state index in [1.807, 2.05) is 26.0 Å². The van der Waals surface area contributed by atoms with E-state index in [9.17, 15) is 9.59 Å². The summed E-state index contributed by atoms with van der Waals surface area (Å²) in [6, 6.07) is 3.72. The smallest absolute Gasteiger partial charge is 0.299 e. The minimum absolute atomic E-state index is 0.169. The van der Waals surface area contributed by atoms with E-state index in [4.69, 9.17) is 11.6 Å². The summed E-state index contributed by atoms with van der Waals surface area (Å²) in [6.45, 7) is 7.48. The highest BCUT2D eigenvalue weighted by molar-refractivity contribution is 6.53. The number of fused-ring (bicyclic) bond motifs is 1. The number of carbonyl (C=O) groups is 2. The molecule has 1 aliphatic rings. The van der Waals surface area contributed by atoms with Crippen LogP contribution in [0.25, 0.3) is 0 Å². The molecule has 0 atom stereocenters. The van der Waals surface area contributed by atoms with Crippen LogP contribution < -0.4 is 4.90 Å². The molecule has 1 aromatic rings. The molecule has 1 heterocycles. The number of halogens is 1. The van der Waals surface area contributed by atoms with Crippen LogP contribution in [0.2, 0.25) is 0 Å². The molecule has 1 aliphatic heterocycles. The van der Waals surface area contributed by atoms with E-state index < -0.39 is 11.7 Å². The lowest BCUT2D eigenvalue weighted by atomic mass is 10.0. The topological polar surface area (TPSA) is 37.4 Å². The van der Waals surface area contributed by atoms with Gasteiger partial charge in [-0.2, -0.15) is 0 Å². The Balaban J connectivity index is 2.59. The molecule has 0 aromatic heterocycles. The molecule has 0 N–H and O–H groups in total. The number of amides is 1. The number of benzene rings is 1. The first-order valence-electron chi connectivity index (χ1n) is 5.22. The Labute approximate surface area is 105 Å². The van der Waals surface area contributed by atoms with Crippen LogP contribution in [0.5, 0.6) is 0 Å². The van der Waals surface area contributed by atoms with E-state index in [1.165, 1.54) is 4.90 Å². The molecule has 0 saturated carbocycles. The Morgan fingerprint density at radius 3 is 2.59 bits per heavy atom. The molecule has 2 rings (SSSR count). The number of aryl methyl sites for hydroxylation is 2. The summed E-state index contributed by atoms with van der Waals surface area (Å²) < 4.78 is 0. The van der Waals surface area contributed by atoms with Gasteiger partial charge in [0, 0.05) is 5.03 Å². The summed E-state index contributed by atoms with van der Waals surface area (Å²) in [7, 11) is 0. The van der Waals surface area contributed by atoms with Crippen molar-refractivity contribution in [3.63, 3.8) is 0 Å². The Morgan fingerprint density at radius 1 is 1.35 bits per heavy atom. The standard InChI is InChI=1S/C13H12ClNO2/c1-7-4-8(2)11-10(5-7)15(6-9(3)14)13(17)12(11)16/h4-5H,3,6H2,1-2H3. The molecule has 0 fully saturated rings. The van der Waals surface area contributed by atoms with Gasteiger partial charge < -0.3 is 0 Å². The van der Waals surface area contributed by atoms with Crippen molar-refractivity contribution >= 4 is 29.0 Å². The van der Waals surface area contributed by atoms with Crippen molar-refractivity contribution in [3.05, 3.63) is 40.4 Å². The average Bonchev–Trinajstić information content (AvgIpc) is 2.42. The van der Waals surface area contributed by atoms with Gasteiger partial charge >= 0.3 is 0 Å². The molecule has 0 bridgehead atoms. The fraction of sp³-hybridized carbons (Fsp3) is 0.231. The van der Waals surface area contributed by atoms with Gasteiger partial charge in [-0.3, -0.25) is 14.5 Å². The third kappa shape index (κ3) is 1.87. The largest absolute Gasteiger partial charge is 0.299 e. The van der Waals surface area contributed by atoms with E-state index in [1.54, 1.807) is 0 Å². The van der Waals surface area contributed by atoms with Crippen molar-refractivity contribution in [2.45, 2.75) is 13.8 Å². The zero-order valence-electron chi connectivity index (χ0n) is 9.71. The SMILES string of the molecule is C=C(Cl)CN1C(=O)C(=O)c2c(C)cc(C)cc21. The van der Waals surface area contributed by atoms with Crippen LogP contribution in [0, 0.1) is 13.8 Å². The minimum Gasteiger partial charge on any atom is -0.299 e. The second kappa shape index (κ2) is 4.00. The van der Waals surface area contributed by atoms with Crippen molar-refractivity contribution in [2.24, 2.45) is 0 Å². The number of hydrogen-bond acceptors (Lipinski definition) is 2. The Kier molecular flexibility index (Phi) is 2.79. The second-order valence-corrected chi connectivity index (χ2v) is 4.75. The van der Waals surface area contributed by atoms with Crippen molar-refractivity contribution in [1.82, 2.24) is 0 Å². The van der Waals surface area contributed by atoms with E-state index >= 15 is 0 Å². The van der Waals surface area contributed by atoms with E-state index in [0.29, 0.717) is 16.3 Å². The molecule has 0 spiro atoms. The molecule has 0 aliphatic carbocycles. The number of carbonyl (C=O) groups excluding carboxylic acids is 2. The quantitative estimate of drug-likeness (QED) is 0.756. The Morgan fingerprint density at radius 2 is 2.00 bits per heavy atom. The first-order valence-corrected chi connectivity index (χ1v) is 5.60. The molecular weight excluding hydrogens is 238 g/mol. The average molecular weight is 250 g/mol. The van der Waals surface area contributed by atoms with Crippen LogP contribution in [-0.4, -0.2) is 18.2 Å². The summed E-state index contributed by atoms with van der Waals surface area (Å²) in [5.41, 5.74) is 2.95. The maximum atomic E-state index is 11.9. The van der Waals surface area contributed by atoms with Crippen LogP contribution in [0.4, 0.5) is 5.69 Å². The Bertz CT molecular complexity index is 549. The van der Waals surface area contributed by atoms with Crippen molar-refractivity contribution in [3.8, 4) is 0 Å². The maximum Gasteiger partial charge on any atom is 0.299 e. The van der Waals surface area contributed by atoms with Gasteiger partial charge in [0.15, 0.2) is 0 Å². The van der Waals surface area contributed by atoms with Gasteiger partial charge in [0.2, 0.25) is 0 Å². The highest BCUT2D eigenvalue weighted by Gasteiger charge is 2.37. The van der Waals surface area contributed by atoms with Gasteiger partial charge in [0.1, 0.15) is 0 Å². The van der Waals surface area contributed by atoms with Crippen LogP contribution in [0.1, 0.15) is 21.5 Å². The van der Waals surface area contributed by atoms with Crippen LogP contribution in [0.3, 0.4) is 0 Å². The van der Waals surface area contributed by atoms with Crippen molar-refractivity contribution in [1.29, 1.82) is 0 Å². The summed E-state index contributed by atoms with van der Waals surface area (Å²) >= 11 is 5.72. The highest BCUT2D eigenvalue weighted by atomic mass is 35.5. The summed E-state index contributed by atoms with van der Waals surface area (Å²) in [4.78, 5) is 25.1. The molecule has 17 heavy (non-hydrogen) atoms. The monoisotopic (exact) mass is 249 g/mol. The molecule has 88 valence electrons. The minimum atomic E-state index is -0.532. The predicted octanol–water partition coefficient (Wildman–Crippen LogP) is 2.59. The molecule has 4 heteroatoms. The van der Waals surface area contributed by atoms with Crippen LogP contribution >= 0.6 is 11.6 Å². The normalized spacial score (nSPS) is 14.2. The molecular formula is C13H12ClNO2. The van der Waals surface area contributed by atoms with Crippen molar-refractivity contribution < 1.29 is 9.59 Å². The molecule has 0 saturated heterocycles. The second-order valence-electron chi connectivity index (χ2n) is 4.21. The zero-order chi connectivity index (χ0) is 12.7. The third-order valence-corrected chi connectivity index (χ3v) is 2.87. The zero-order valence-corrected chi connectivity index (χ0v) is 10.5. The van der Waals surface area contributed by atoms with E-state index in [-0.39, 0.29) is 6.54 Å². The van der Waals surface area contributed by atoms with Crippen LogP contribution in [0.15, 0.2) is 23.7 Å². The number of rotatable bonds is 2. The number of nitrogens with zero attached hydrogens (tertiary/aromatic N) is 1. The van der Waals surface area contributed by atoms with E-state index in [0.717, 1.165) is 11.1 Å². The molecule has 0 unspecified atom stereocenters. The number of ketones is 1. The van der Waals surface area contributed by atoms with Gasteiger partial charge in [-0.25, -0.2) is 0 Å². The third-order valence-electron chi connectivity index (χ3n) is 2.75. The van der Waals surface area contributed by atoms with Crippen molar-refractivity contribution in [2.75, 3.05) is 11.4 Å². The van der Waals surface area contributed by atoms with Gasteiger partial charge in [0.25, 0.3) is 11.7 Å². The number of hydrogen-bond donors (Lipinski definition) is 0. The lowest BCUT2D eigenvalue weighted by Gasteiger charge is -2.16. The van der Waals surface area contributed by atoms with Crippen LogP contribution in [-0.2, 0) is 4.79 Å². The fourth-order valence-corrected chi connectivity index (χ4v) is 2.24. The lowest BCUT2D eigenvalue weighted by Crippen LogP contribution is -2.30. The first kappa shape index (κ1) is 11.9. The summed E-state index contributed by atoms with van der Waals surface area (Å²) in [6.07, 6.45) is 0. The molecule has 1 amide bonds. The molecule has 3 nitrogen and oxygen atoms in total. The Hall–Kier alpha value is -1.61. The predicted molar refractivity (Wildman–Crippen MR) is 67.6 cm³/mol. The fourth-order valence-electron chi connectivity index (χ4n) is 2.12.